The fourth-order valence-electron chi connectivity index (χ4n) is 4.37. The summed E-state index contributed by atoms with van der Waals surface area (Å²) in [5.74, 6) is 0.735. The fourth-order valence-corrected chi connectivity index (χ4v) is 4.70. The molecule has 1 aromatic heterocycles. The standard InChI is InChI=1S/C21H25BrO2.BrH/c1-13(22)18-17(14-10-20(2,3)12-21(4,5)11-14)15-8-6-7-9-16(15)19(23)24-18;/h6-10,13H,11-12H2,1-5H3;1H. The summed E-state index contributed by atoms with van der Waals surface area (Å²) >= 11 is 3.62. The van der Waals surface area contributed by atoms with Gasteiger partial charge in [0, 0.05) is 5.56 Å². The lowest BCUT2D eigenvalue weighted by molar-refractivity contribution is 0.228. The third kappa shape index (κ3) is 4.11. The monoisotopic (exact) mass is 468 g/mol. The van der Waals surface area contributed by atoms with E-state index in [1.807, 2.05) is 31.2 Å². The highest BCUT2D eigenvalue weighted by Crippen LogP contribution is 2.49. The SMILES string of the molecule is Br.CC(Br)c1oc(=O)c2ccccc2c1C1=CC(C)(C)CC(C)(C)C1. The summed E-state index contributed by atoms with van der Waals surface area (Å²) in [4.78, 5) is 12.4. The average Bonchev–Trinajstić information content (AvgIpc) is 2.43. The van der Waals surface area contributed by atoms with Crippen LogP contribution in [0.5, 0.6) is 0 Å². The van der Waals surface area contributed by atoms with E-state index in [1.54, 1.807) is 0 Å². The summed E-state index contributed by atoms with van der Waals surface area (Å²) in [5.41, 5.74) is 2.47. The molecule has 0 aliphatic heterocycles. The van der Waals surface area contributed by atoms with Gasteiger partial charge in [0.05, 0.1) is 10.2 Å². The summed E-state index contributed by atoms with van der Waals surface area (Å²) in [6.07, 6.45) is 4.51. The largest absolute Gasteiger partial charge is 0.426 e. The van der Waals surface area contributed by atoms with Crippen molar-refractivity contribution in [1.29, 1.82) is 0 Å². The van der Waals surface area contributed by atoms with Crippen LogP contribution in [-0.4, -0.2) is 0 Å². The molecule has 2 aromatic rings. The number of allylic oxidation sites excluding steroid dienone is 2. The molecule has 2 nitrogen and oxygen atoms in total. The maximum absolute atomic E-state index is 12.4. The van der Waals surface area contributed by atoms with E-state index in [1.165, 1.54) is 5.57 Å². The lowest BCUT2D eigenvalue weighted by Gasteiger charge is -2.40. The van der Waals surface area contributed by atoms with Crippen LogP contribution in [0.1, 0.15) is 63.6 Å². The van der Waals surface area contributed by atoms with Crippen molar-refractivity contribution in [3.63, 3.8) is 0 Å². The van der Waals surface area contributed by atoms with Crippen molar-refractivity contribution >= 4 is 49.3 Å². The van der Waals surface area contributed by atoms with Gasteiger partial charge in [-0.3, -0.25) is 0 Å². The molecule has 136 valence electrons. The predicted molar refractivity (Wildman–Crippen MR) is 115 cm³/mol. The molecule has 25 heavy (non-hydrogen) atoms. The van der Waals surface area contributed by atoms with Crippen LogP contribution < -0.4 is 5.63 Å². The molecule has 4 heteroatoms. The lowest BCUT2D eigenvalue weighted by atomic mass is 9.65. The summed E-state index contributed by atoms with van der Waals surface area (Å²) < 4.78 is 5.73. The van der Waals surface area contributed by atoms with E-state index in [0.29, 0.717) is 5.39 Å². The van der Waals surface area contributed by atoms with Crippen LogP contribution in [0.15, 0.2) is 39.6 Å². The van der Waals surface area contributed by atoms with E-state index in [-0.39, 0.29) is 38.3 Å². The second-order valence-electron chi connectivity index (χ2n) is 8.47. The molecule has 0 saturated carbocycles. The van der Waals surface area contributed by atoms with E-state index in [4.69, 9.17) is 4.42 Å². The van der Waals surface area contributed by atoms with Crippen molar-refractivity contribution in [2.24, 2.45) is 10.8 Å². The van der Waals surface area contributed by atoms with E-state index in [2.05, 4.69) is 49.7 Å². The molecule has 1 heterocycles. The van der Waals surface area contributed by atoms with Gasteiger partial charge in [-0.2, -0.15) is 0 Å². The molecule has 0 radical (unpaired) electrons. The first-order valence-corrected chi connectivity index (χ1v) is 9.43. The second kappa shape index (κ2) is 7.03. The van der Waals surface area contributed by atoms with Crippen molar-refractivity contribution in [2.75, 3.05) is 0 Å². The number of benzene rings is 1. The number of rotatable bonds is 2. The van der Waals surface area contributed by atoms with Crippen molar-refractivity contribution in [3.05, 3.63) is 52.1 Å². The molecule has 0 N–H and O–H groups in total. The van der Waals surface area contributed by atoms with Gasteiger partial charge in [0.25, 0.3) is 0 Å². The van der Waals surface area contributed by atoms with E-state index in [0.717, 1.165) is 29.6 Å². The lowest BCUT2D eigenvalue weighted by Crippen LogP contribution is -2.27. The van der Waals surface area contributed by atoms with E-state index >= 15 is 0 Å². The molecule has 1 aliphatic carbocycles. The molecule has 1 unspecified atom stereocenters. The van der Waals surface area contributed by atoms with Crippen molar-refractivity contribution < 1.29 is 4.42 Å². The van der Waals surface area contributed by atoms with Crippen LogP contribution in [0.4, 0.5) is 0 Å². The highest BCUT2D eigenvalue weighted by molar-refractivity contribution is 9.09. The van der Waals surface area contributed by atoms with Gasteiger partial charge in [-0.05, 0) is 47.6 Å². The Bertz CT molecular complexity index is 873. The number of hydrogen-bond acceptors (Lipinski definition) is 2. The first kappa shape index (κ1) is 20.4. The van der Waals surface area contributed by atoms with Crippen molar-refractivity contribution in [2.45, 2.75) is 52.3 Å². The minimum atomic E-state index is -0.259. The summed E-state index contributed by atoms with van der Waals surface area (Å²) in [6, 6.07) is 7.78. The van der Waals surface area contributed by atoms with Gasteiger partial charge in [0.2, 0.25) is 0 Å². The zero-order valence-electron chi connectivity index (χ0n) is 15.5. The van der Waals surface area contributed by atoms with Crippen LogP contribution >= 0.6 is 32.9 Å². The quantitative estimate of drug-likeness (QED) is 0.440. The average molecular weight is 470 g/mol. The Hall–Kier alpha value is -0.870. The highest BCUT2D eigenvalue weighted by Gasteiger charge is 2.35. The van der Waals surface area contributed by atoms with Gasteiger partial charge in [-0.25, -0.2) is 4.79 Å². The third-order valence-corrected chi connectivity index (χ3v) is 5.13. The zero-order chi connectivity index (χ0) is 17.7. The van der Waals surface area contributed by atoms with Gasteiger partial charge >= 0.3 is 5.63 Å². The highest BCUT2D eigenvalue weighted by atomic mass is 79.9. The molecule has 0 bridgehead atoms. The van der Waals surface area contributed by atoms with Crippen LogP contribution in [0.2, 0.25) is 0 Å². The third-order valence-electron chi connectivity index (χ3n) is 4.72. The first-order chi connectivity index (χ1) is 11.1. The van der Waals surface area contributed by atoms with Gasteiger partial charge in [-0.1, -0.05) is 67.9 Å². The molecule has 1 aromatic carbocycles. The van der Waals surface area contributed by atoms with Gasteiger partial charge in [-0.15, -0.1) is 17.0 Å². The van der Waals surface area contributed by atoms with Gasteiger partial charge < -0.3 is 4.42 Å². The number of halogens is 2. The van der Waals surface area contributed by atoms with Crippen LogP contribution in [0.25, 0.3) is 16.3 Å². The molecule has 1 atom stereocenters. The molecule has 3 rings (SSSR count). The van der Waals surface area contributed by atoms with E-state index < -0.39 is 0 Å². The topological polar surface area (TPSA) is 30.2 Å². The molecule has 0 fully saturated rings. The molecule has 0 saturated heterocycles. The summed E-state index contributed by atoms with van der Waals surface area (Å²) in [6.45, 7) is 11.2. The Morgan fingerprint density at radius 2 is 1.72 bits per heavy atom. The minimum absolute atomic E-state index is 0. The predicted octanol–water partition coefficient (Wildman–Crippen LogP) is 7.06. The Morgan fingerprint density at radius 3 is 2.28 bits per heavy atom. The Balaban J connectivity index is 0.00000225. The Morgan fingerprint density at radius 1 is 1.12 bits per heavy atom. The number of hydrogen-bond donors (Lipinski definition) is 0. The van der Waals surface area contributed by atoms with Crippen LogP contribution in [-0.2, 0) is 0 Å². The fraction of sp³-hybridized carbons (Fsp3) is 0.476. The van der Waals surface area contributed by atoms with Gasteiger partial charge in [0.15, 0.2) is 0 Å². The van der Waals surface area contributed by atoms with E-state index in [9.17, 15) is 4.79 Å². The van der Waals surface area contributed by atoms with Crippen molar-refractivity contribution in [3.8, 4) is 0 Å². The van der Waals surface area contributed by atoms with Crippen LogP contribution in [0.3, 0.4) is 0 Å². The molecular weight excluding hydrogens is 444 g/mol. The smallest absolute Gasteiger partial charge is 0.343 e. The number of alkyl halides is 1. The number of fused-ring (bicyclic) bond motifs is 1. The normalized spacial score (nSPS) is 19.8. The van der Waals surface area contributed by atoms with Crippen molar-refractivity contribution in [1.82, 2.24) is 0 Å². The van der Waals surface area contributed by atoms with Gasteiger partial charge in [0.1, 0.15) is 5.76 Å². The maximum atomic E-state index is 12.4. The molecule has 0 spiro atoms. The molecule has 1 aliphatic rings. The second-order valence-corrected chi connectivity index (χ2v) is 9.84. The molecule has 0 amide bonds. The summed E-state index contributed by atoms with van der Waals surface area (Å²) in [7, 11) is 0. The summed E-state index contributed by atoms with van der Waals surface area (Å²) in [5, 5.41) is 1.65. The Kier molecular flexibility index (Phi) is 5.75. The zero-order valence-corrected chi connectivity index (χ0v) is 18.8. The first-order valence-electron chi connectivity index (χ1n) is 8.52. The maximum Gasteiger partial charge on any atom is 0.343 e. The Labute approximate surface area is 168 Å². The van der Waals surface area contributed by atoms with Crippen LogP contribution in [0, 0.1) is 10.8 Å². The minimum Gasteiger partial charge on any atom is -0.426 e. The molecular formula is C21H26Br2O2.